The largest absolute Gasteiger partial charge is 0.379 e. The monoisotopic (exact) mass is 409 g/mol. The molecule has 1 unspecified atom stereocenters. The summed E-state index contributed by atoms with van der Waals surface area (Å²) >= 11 is 0. The van der Waals surface area contributed by atoms with Crippen molar-refractivity contribution in [2.45, 2.75) is 12.6 Å². The number of benzene rings is 3. The third-order valence-corrected chi connectivity index (χ3v) is 5.94. The molecule has 0 aliphatic carbocycles. The quantitative estimate of drug-likeness (QED) is 0.433. The summed E-state index contributed by atoms with van der Waals surface area (Å²) in [6.45, 7) is 4.23. The van der Waals surface area contributed by atoms with Crippen LogP contribution in [0.25, 0.3) is 22.5 Å². The van der Waals surface area contributed by atoms with Gasteiger partial charge in [0.1, 0.15) is 0 Å². The summed E-state index contributed by atoms with van der Waals surface area (Å²) in [7, 11) is 0. The zero-order chi connectivity index (χ0) is 20.9. The van der Waals surface area contributed by atoms with Gasteiger partial charge in [-0.2, -0.15) is 5.10 Å². The van der Waals surface area contributed by atoms with Crippen LogP contribution in [0.4, 0.5) is 0 Å². The molecule has 4 aromatic rings. The van der Waals surface area contributed by atoms with Crippen LogP contribution in [-0.2, 0) is 11.3 Å². The predicted octanol–water partition coefficient (Wildman–Crippen LogP) is 5.29. The lowest BCUT2D eigenvalue weighted by Crippen LogP contribution is -2.40. The number of nitrogens with zero attached hydrogens (tertiary/aromatic N) is 3. The Morgan fingerprint density at radius 2 is 1.32 bits per heavy atom. The van der Waals surface area contributed by atoms with Gasteiger partial charge in [0.2, 0.25) is 0 Å². The Hall–Kier alpha value is -3.21. The molecule has 156 valence electrons. The molecule has 4 nitrogen and oxygen atoms in total. The lowest BCUT2D eigenvalue weighted by Gasteiger charge is -2.35. The Bertz CT molecular complexity index is 1090. The first-order valence-electron chi connectivity index (χ1n) is 10.9. The maximum Gasteiger partial charge on any atom is 0.0929 e. The number of ether oxygens (including phenoxy) is 1. The van der Waals surface area contributed by atoms with E-state index in [9.17, 15) is 0 Å². The number of aromatic nitrogens is 2. The highest BCUT2D eigenvalue weighted by molar-refractivity contribution is 5.68. The minimum Gasteiger partial charge on any atom is -0.379 e. The molecule has 0 radical (unpaired) electrons. The Balaban J connectivity index is 1.56. The molecule has 3 aromatic carbocycles. The summed E-state index contributed by atoms with van der Waals surface area (Å²) < 4.78 is 7.81. The molecule has 1 aromatic heterocycles. The molecule has 0 bridgehead atoms. The summed E-state index contributed by atoms with van der Waals surface area (Å²) in [5.74, 6) is 0. The topological polar surface area (TPSA) is 30.3 Å². The van der Waals surface area contributed by atoms with Gasteiger partial charge in [0, 0.05) is 18.7 Å². The molecule has 1 atom stereocenters. The van der Waals surface area contributed by atoms with Gasteiger partial charge in [-0.3, -0.25) is 9.58 Å². The van der Waals surface area contributed by atoms with E-state index in [1.54, 1.807) is 0 Å². The molecule has 1 aliphatic heterocycles. The third kappa shape index (κ3) is 4.46. The van der Waals surface area contributed by atoms with Crippen LogP contribution in [0.1, 0.15) is 11.6 Å². The molecule has 0 amide bonds. The van der Waals surface area contributed by atoms with E-state index in [0.29, 0.717) is 0 Å². The van der Waals surface area contributed by atoms with Gasteiger partial charge in [0.05, 0.1) is 37.2 Å². The van der Waals surface area contributed by atoms with Crippen LogP contribution in [0, 0.1) is 0 Å². The zero-order valence-corrected chi connectivity index (χ0v) is 17.6. The predicted molar refractivity (Wildman–Crippen MR) is 125 cm³/mol. The molecule has 2 heterocycles. The highest BCUT2D eigenvalue weighted by Gasteiger charge is 2.25. The van der Waals surface area contributed by atoms with E-state index >= 15 is 0 Å². The first-order valence-corrected chi connectivity index (χ1v) is 10.9. The van der Waals surface area contributed by atoms with E-state index in [2.05, 4.69) is 101 Å². The van der Waals surface area contributed by atoms with Gasteiger partial charge in [0.15, 0.2) is 0 Å². The van der Waals surface area contributed by atoms with Crippen molar-refractivity contribution >= 4 is 0 Å². The maximum absolute atomic E-state index is 5.63. The van der Waals surface area contributed by atoms with Crippen LogP contribution in [0.15, 0.2) is 97.1 Å². The van der Waals surface area contributed by atoms with Gasteiger partial charge in [0.25, 0.3) is 0 Å². The Labute approximate surface area is 183 Å². The standard InChI is InChI=1S/C27H27N3O/c1-4-10-22(11-5-1)25-20-26(23-12-6-2-7-13-23)30(28-25)21-27(24-14-8-3-9-15-24)29-16-18-31-19-17-29/h1-15,20,27H,16-19,21H2. The summed E-state index contributed by atoms with van der Waals surface area (Å²) in [5.41, 5.74) is 5.80. The third-order valence-electron chi connectivity index (χ3n) is 5.94. The molecule has 1 fully saturated rings. The van der Waals surface area contributed by atoms with E-state index in [-0.39, 0.29) is 6.04 Å². The zero-order valence-electron chi connectivity index (χ0n) is 17.6. The number of rotatable bonds is 6. The van der Waals surface area contributed by atoms with Crippen LogP contribution in [0.3, 0.4) is 0 Å². The SMILES string of the molecule is c1ccc(-c2cc(-c3ccccc3)n(CC(c3ccccc3)N3CCOCC3)n2)cc1. The summed E-state index contributed by atoms with van der Waals surface area (Å²) in [5, 5.41) is 5.08. The second-order valence-corrected chi connectivity index (χ2v) is 7.90. The summed E-state index contributed by atoms with van der Waals surface area (Å²) in [4.78, 5) is 2.53. The molecular formula is C27H27N3O. The highest BCUT2D eigenvalue weighted by atomic mass is 16.5. The van der Waals surface area contributed by atoms with Crippen molar-refractivity contribution in [1.29, 1.82) is 0 Å². The first-order chi connectivity index (χ1) is 15.4. The highest BCUT2D eigenvalue weighted by Crippen LogP contribution is 2.30. The Morgan fingerprint density at radius 1 is 0.742 bits per heavy atom. The van der Waals surface area contributed by atoms with E-state index in [1.807, 2.05) is 6.07 Å². The lowest BCUT2D eigenvalue weighted by molar-refractivity contribution is 0.0117. The first kappa shape index (κ1) is 19.7. The van der Waals surface area contributed by atoms with Gasteiger partial charge < -0.3 is 4.74 Å². The van der Waals surface area contributed by atoms with Crippen LogP contribution < -0.4 is 0 Å². The van der Waals surface area contributed by atoms with E-state index in [1.165, 1.54) is 11.1 Å². The number of hydrogen-bond acceptors (Lipinski definition) is 3. The van der Waals surface area contributed by atoms with Crippen LogP contribution in [0.2, 0.25) is 0 Å². The van der Waals surface area contributed by atoms with Crippen molar-refractivity contribution < 1.29 is 4.74 Å². The van der Waals surface area contributed by atoms with Crippen molar-refractivity contribution in [1.82, 2.24) is 14.7 Å². The summed E-state index contributed by atoms with van der Waals surface area (Å²) in [6.07, 6.45) is 0. The van der Waals surface area contributed by atoms with Crippen LogP contribution in [0.5, 0.6) is 0 Å². The van der Waals surface area contributed by atoms with E-state index in [0.717, 1.165) is 49.8 Å². The van der Waals surface area contributed by atoms with Crippen molar-refractivity contribution in [2.24, 2.45) is 0 Å². The van der Waals surface area contributed by atoms with Crippen molar-refractivity contribution in [3.8, 4) is 22.5 Å². The van der Waals surface area contributed by atoms with Gasteiger partial charge in [-0.05, 0) is 17.2 Å². The molecular weight excluding hydrogens is 382 g/mol. The molecule has 4 heteroatoms. The van der Waals surface area contributed by atoms with Crippen molar-refractivity contribution in [3.63, 3.8) is 0 Å². The van der Waals surface area contributed by atoms with Gasteiger partial charge in [-0.1, -0.05) is 91.0 Å². The molecule has 0 saturated carbocycles. The average Bonchev–Trinajstić information content (AvgIpc) is 3.29. The number of hydrogen-bond donors (Lipinski definition) is 0. The van der Waals surface area contributed by atoms with E-state index in [4.69, 9.17) is 9.84 Å². The Morgan fingerprint density at radius 3 is 1.97 bits per heavy atom. The normalized spacial score (nSPS) is 15.6. The molecule has 31 heavy (non-hydrogen) atoms. The van der Waals surface area contributed by atoms with E-state index < -0.39 is 0 Å². The molecule has 0 spiro atoms. The van der Waals surface area contributed by atoms with Gasteiger partial charge >= 0.3 is 0 Å². The summed E-state index contributed by atoms with van der Waals surface area (Å²) in [6, 6.07) is 34.2. The maximum atomic E-state index is 5.63. The Kier molecular flexibility index (Phi) is 5.92. The fraction of sp³-hybridized carbons (Fsp3) is 0.222. The minimum absolute atomic E-state index is 0.246. The van der Waals surface area contributed by atoms with Crippen LogP contribution >= 0.6 is 0 Å². The molecule has 1 saturated heterocycles. The minimum atomic E-state index is 0.246. The van der Waals surface area contributed by atoms with Crippen LogP contribution in [-0.4, -0.2) is 41.0 Å². The van der Waals surface area contributed by atoms with Crippen molar-refractivity contribution in [3.05, 3.63) is 103 Å². The molecule has 5 rings (SSSR count). The molecule has 0 N–H and O–H groups in total. The second-order valence-electron chi connectivity index (χ2n) is 7.90. The van der Waals surface area contributed by atoms with Crippen molar-refractivity contribution in [2.75, 3.05) is 26.3 Å². The van der Waals surface area contributed by atoms with Gasteiger partial charge in [-0.25, -0.2) is 0 Å². The number of morpholine rings is 1. The average molecular weight is 410 g/mol. The fourth-order valence-electron chi connectivity index (χ4n) is 4.31. The smallest absolute Gasteiger partial charge is 0.0929 e. The lowest BCUT2D eigenvalue weighted by atomic mass is 10.0. The fourth-order valence-corrected chi connectivity index (χ4v) is 4.31. The molecule has 1 aliphatic rings. The second kappa shape index (κ2) is 9.29. The van der Waals surface area contributed by atoms with Gasteiger partial charge in [-0.15, -0.1) is 0 Å².